The highest BCUT2D eigenvalue weighted by molar-refractivity contribution is 5.71. The number of hydrogen-bond acceptors (Lipinski definition) is 6. The van der Waals surface area contributed by atoms with E-state index in [4.69, 9.17) is 14.2 Å². The predicted octanol–water partition coefficient (Wildman–Crippen LogP) is 22.1. The van der Waals surface area contributed by atoms with E-state index in [1.807, 2.05) is 0 Å². The number of unbranched alkanes of at least 4 members (excludes halogenated alkanes) is 48. The molecule has 0 amide bonds. The average Bonchev–Trinajstić information content (AvgIpc) is 3.38. The molecule has 0 aliphatic rings. The predicted molar refractivity (Wildman–Crippen MR) is 312 cm³/mol. The van der Waals surface area contributed by atoms with E-state index in [-0.39, 0.29) is 31.1 Å². The first-order valence-corrected chi connectivity index (χ1v) is 32.7. The standard InChI is InChI=1S/C66H126O6/c1-4-7-10-13-16-19-22-24-26-28-30-31-32-33-34-35-37-38-40-42-44-47-50-53-56-59-65(68)71-62-63(61-70-64(67)58-55-52-49-46-21-18-15-12-9-6-3)72-66(69)60-57-54-51-48-45-43-41-39-36-29-27-25-23-20-17-14-11-8-5-2/h28,30,63H,4-27,29,31-62H2,1-3H3/b30-28-. The van der Waals surface area contributed by atoms with Gasteiger partial charge >= 0.3 is 17.9 Å². The Balaban J connectivity index is 4.15. The molecule has 426 valence electrons. The Labute approximate surface area is 450 Å². The van der Waals surface area contributed by atoms with Gasteiger partial charge in [0, 0.05) is 19.3 Å². The largest absolute Gasteiger partial charge is 0.462 e. The van der Waals surface area contributed by atoms with Crippen molar-refractivity contribution in [3.05, 3.63) is 12.2 Å². The molecule has 0 saturated carbocycles. The van der Waals surface area contributed by atoms with Crippen LogP contribution in [0.1, 0.15) is 374 Å². The van der Waals surface area contributed by atoms with Gasteiger partial charge in [-0.15, -0.1) is 0 Å². The first kappa shape index (κ1) is 70.1. The number of carbonyl (C=O) groups is 3. The average molecular weight is 1020 g/mol. The number of hydrogen-bond donors (Lipinski definition) is 0. The molecule has 1 unspecified atom stereocenters. The third-order valence-electron chi connectivity index (χ3n) is 15.0. The van der Waals surface area contributed by atoms with E-state index in [2.05, 4.69) is 32.9 Å². The van der Waals surface area contributed by atoms with Crippen LogP contribution >= 0.6 is 0 Å². The summed E-state index contributed by atoms with van der Waals surface area (Å²) < 4.78 is 16.9. The molecule has 0 spiro atoms. The van der Waals surface area contributed by atoms with Crippen molar-refractivity contribution in [2.45, 2.75) is 380 Å². The van der Waals surface area contributed by atoms with Crippen LogP contribution in [0.4, 0.5) is 0 Å². The van der Waals surface area contributed by atoms with Crippen LogP contribution in [0.25, 0.3) is 0 Å². The number of allylic oxidation sites excluding steroid dienone is 2. The van der Waals surface area contributed by atoms with Gasteiger partial charge in [0.25, 0.3) is 0 Å². The fourth-order valence-corrected chi connectivity index (χ4v) is 10.1. The lowest BCUT2D eigenvalue weighted by molar-refractivity contribution is -0.167. The molecule has 0 aliphatic carbocycles. The first-order chi connectivity index (χ1) is 35.5. The molecule has 0 fully saturated rings. The Hall–Kier alpha value is -1.85. The molecule has 0 aromatic heterocycles. The Morgan fingerprint density at radius 1 is 0.264 bits per heavy atom. The molecular formula is C66H126O6. The van der Waals surface area contributed by atoms with Crippen molar-refractivity contribution in [1.82, 2.24) is 0 Å². The highest BCUT2D eigenvalue weighted by atomic mass is 16.6. The van der Waals surface area contributed by atoms with Crippen molar-refractivity contribution in [3.63, 3.8) is 0 Å². The third-order valence-corrected chi connectivity index (χ3v) is 15.0. The van der Waals surface area contributed by atoms with Gasteiger partial charge in [0.05, 0.1) is 0 Å². The lowest BCUT2D eigenvalue weighted by atomic mass is 10.0. The van der Waals surface area contributed by atoms with Crippen LogP contribution in [0.3, 0.4) is 0 Å². The van der Waals surface area contributed by atoms with Gasteiger partial charge in [0.2, 0.25) is 0 Å². The molecule has 0 heterocycles. The van der Waals surface area contributed by atoms with Crippen LogP contribution in [-0.4, -0.2) is 37.2 Å². The van der Waals surface area contributed by atoms with Crippen molar-refractivity contribution in [2.75, 3.05) is 13.2 Å². The molecule has 0 aliphatic heterocycles. The Kier molecular flexibility index (Phi) is 60.1. The molecule has 72 heavy (non-hydrogen) atoms. The monoisotopic (exact) mass is 1010 g/mol. The summed E-state index contributed by atoms with van der Waals surface area (Å²) in [6, 6.07) is 0. The number of carbonyl (C=O) groups excluding carboxylic acids is 3. The minimum Gasteiger partial charge on any atom is -0.462 e. The van der Waals surface area contributed by atoms with E-state index in [9.17, 15) is 14.4 Å². The molecule has 6 heteroatoms. The van der Waals surface area contributed by atoms with Gasteiger partial charge in [-0.2, -0.15) is 0 Å². The number of esters is 3. The van der Waals surface area contributed by atoms with Crippen molar-refractivity contribution in [1.29, 1.82) is 0 Å². The second-order valence-corrected chi connectivity index (χ2v) is 22.4. The highest BCUT2D eigenvalue weighted by Crippen LogP contribution is 2.18. The summed E-state index contributed by atoms with van der Waals surface area (Å²) in [6.07, 6.45) is 72.3. The van der Waals surface area contributed by atoms with Gasteiger partial charge in [0.15, 0.2) is 6.10 Å². The molecule has 0 aromatic rings. The molecule has 0 bridgehead atoms. The maximum atomic E-state index is 12.9. The Morgan fingerprint density at radius 3 is 0.694 bits per heavy atom. The van der Waals surface area contributed by atoms with Crippen LogP contribution in [0, 0.1) is 0 Å². The second kappa shape index (κ2) is 61.7. The summed E-state index contributed by atoms with van der Waals surface area (Å²) in [5.41, 5.74) is 0. The van der Waals surface area contributed by atoms with Gasteiger partial charge in [0.1, 0.15) is 13.2 Å². The van der Waals surface area contributed by atoms with Crippen molar-refractivity contribution in [3.8, 4) is 0 Å². The van der Waals surface area contributed by atoms with Gasteiger partial charge in [-0.1, -0.05) is 322 Å². The zero-order valence-electron chi connectivity index (χ0n) is 49.0. The molecule has 0 aromatic carbocycles. The zero-order valence-corrected chi connectivity index (χ0v) is 49.0. The van der Waals surface area contributed by atoms with E-state index in [0.29, 0.717) is 19.3 Å². The SMILES string of the molecule is CCCCCCCCCC/C=C\CCCCCCCCCCCCCCCC(=O)OCC(COC(=O)CCCCCCCCCCCC)OC(=O)CCCCCCCCCCCCCCCCCCCCC. The fraction of sp³-hybridized carbons (Fsp3) is 0.924. The van der Waals surface area contributed by atoms with E-state index in [1.54, 1.807) is 0 Å². The first-order valence-electron chi connectivity index (χ1n) is 32.7. The smallest absolute Gasteiger partial charge is 0.306 e. The molecule has 0 saturated heterocycles. The number of rotatable bonds is 61. The Morgan fingerprint density at radius 2 is 0.458 bits per heavy atom. The summed E-state index contributed by atoms with van der Waals surface area (Å²) in [4.78, 5) is 38.2. The minimum absolute atomic E-state index is 0.0634. The van der Waals surface area contributed by atoms with E-state index in [0.717, 1.165) is 57.8 Å². The quantitative estimate of drug-likeness (QED) is 0.0261. The summed E-state index contributed by atoms with van der Waals surface area (Å²) >= 11 is 0. The van der Waals surface area contributed by atoms with E-state index >= 15 is 0 Å². The van der Waals surface area contributed by atoms with E-state index in [1.165, 1.54) is 276 Å². The maximum Gasteiger partial charge on any atom is 0.306 e. The van der Waals surface area contributed by atoms with Crippen LogP contribution in [0.15, 0.2) is 12.2 Å². The summed E-state index contributed by atoms with van der Waals surface area (Å²) in [6.45, 7) is 6.70. The molecular weight excluding hydrogens is 889 g/mol. The van der Waals surface area contributed by atoms with E-state index < -0.39 is 6.10 Å². The topological polar surface area (TPSA) is 78.9 Å². The van der Waals surface area contributed by atoms with Gasteiger partial charge in [-0.25, -0.2) is 0 Å². The molecule has 0 radical (unpaired) electrons. The lowest BCUT2D eigenvalue weighted by Crippen LogP contribution is -2.30. The van der Waals surface area contributed by atoms with Crippen LogP contribution in [0.2, 0.25) is 0 Å². The van der Waals surface area contributed by atoms with Crippen LogP contribution < -0.4 is 0 Å². The molecule has 1 atom stereocenters. The summed E-state index contributed by atoms with van der Waals surface area (Å²) in [5.74, 6) is -0.835. The summed E-state index contributed by atoms with van der Waals surface area (Å²) in [5, 5.41) is 0. The summed E-state index contributed by atoms with van der Waals surface area (Å²) in [7, 11) is 0. The maximum absolute atomic E-state index is 12.9. The zero-order chi connectivity index (χ0) is 52.2. The van der Waals surface area contributed by atoms with Crippen molar-refractivity contribution < 1.29 is 28.6 Å². The van der Waals surface area contributed by atoms with Crippen LogP contribution in [0.5, 0.6) is 0 Å². The van der Waals surface area contributed by atoms with Gasteiger partial charge < -0.3 is 14.2 Å². The van der Waals surface area contributed by atoms with Crippen molar-refractivity contribution in [2.24, 2.45) is 0 Å². The normalized spacial score (nSPS) is 12.0. The minimum atomic E-state index is -0.764. The second-order valence-electron chi connectivity index (χ2n) is 22.4. The highest BCUT2D eigenvalue weighted by Gasteiger charge is 2.19. The van der Waals surface area contributed by atoms with Gasteiger partial charge in [-0.05, 0) is 44.9 Å². The fourth-order valence-electron chi connectivity index (χ4n) is 10.1. The van der Waals surface area contributed by atoms with Crippen molar-refractivity contribution >= 4 is 17.9 Å². The van der Waals surface area contributed by atoms with Crippen LogP contribution in [-0.2, 0) is 28.6 Å². The number of ether oxygens (including phenoxy) is 3. The Bertz CT molecular complexity index is 1120. The molecule has 6 nitrogen and oxygen atoms in total. The van der Waals surface area contributed by atoms with Gasteiger partial charge in [-0.3, -0.25) is 14.4 Å². The lowest BCUT2D eigenvalue weighted by Gasteiger charge is -2.18. The molecule has 0 N–H and O–H groups in total. The molecule has 0 rings (SSSR count). The third kappa shape index (κ3) is 59.0.